The lowest BCUT2D eigenvalue weighted by Gasteiger charge is -2.06. The highest BCUT2D eigenvalue weighted by atomic mass is 16.5. The molecule has 1 heterocycles. The Bertz CT molecular complexity index is 991. The monoisotopic (exact) mass is 322 g/mol. The number of fused-ring (bicyclic) bond motifs is 1. The van der Waals surface area contributed by atoms with Gasteiger partial charge in [-0.25, -0.2) is 4.79 Å². The number of azo groups is 1. The third-order valence-electron chi connectivity index (χ3n) is 3.42. The van der Waals surface area contributed by atoms with Gasteiger partial charge in [-0.05, 0) is 31.2 Å². The van der Waals surface area contributed by atoms with Gasteiger partial charge in [-0.1, -0.05) is 18.2 Å². The Kier molecular flexibility index (Phi) is 4.20. The van der Waals surface area contributed by atoms with Gasteiger partial charge in [0.15, 0.2) is 17.1 Å². The zero-order chi connectivity index (χ0) is 17.1. The van der Waals surface area contributed by atoms with E-state index in [4.69, 9.17) is 9.15 Å². The standard InChI is InChI=1S/C18H14N2O4/c1-11(21)15-9-12-8-14(20-19-13-6-4-3-5-7-13)10-16(23-2)17(12)24-18(15)22/h3-10H,1-2H3. The van der Waals surface area contributed by atoms with Crippen LogP contribution in [0.15, 0.2) is 68.0 Å². The van der Waals surface area contributed by atoms with E-state index in [1.165, 1.54) is 20.1 Å². The number of benzene rings is 2. The van der Waals surface area contributed by atoms with E-state index < -0.39 is 5.63 Å². The van der Waals surface area contributed by atoms with E-state index in [9.17, 15) is 9.59 Å². The minimum Gasteiger partial charge on any atom is -0.493 e. The van der Waals surface area contributed by atoms with Gasteiger partial charge in [0.05, 0.1) is 18.5 Å². The van der Waals surface area contributed by atoms with Crippen molar-refractivity contribution in [1.82, 2.24) is 0 Å². The highest BCUT2D eigenvalue weighted by molar-refractivity contribution is 5.97. The summed E-state index contributed by atoms with van der Waals surface area (Å²) in [6.07, 6.45) is 0. The molecule has 1 aromatic heterocycles. The minimum atomic E-state index is -0.688. The van der Waals surface area contributed by atoms with Crippen LogP contribution in [0.25, 0.3) is 11.0 Å². The summed E-state index contributed by atoms with van der Waals surface area (Å²) in [6, 6.07) is 14.1. The Labute approximate surface area is 137 Å². The molecule has 0 saturated heterocycles. The van der Waals surface area contributed by atoms with Gasteiger partial charge in [-0.2, -0.15) is 10.2 Å². The van der Waals surface area contributed by atoms with Crippen molar-refractivity contribution >= 4 is 28.1 Å². The van der Waals surface area contributed by atoms with Gasteiger partial charge in [0.2, 0.25) is 0 Å². The number of carbonyl (C=O) groups excluding carboxylic acids is 1. The Morgan fingerprint density at radius 1 is 1.04 bits per heavy atom. The number of nitrogens with zero attached hydrogens (tertiary/aromatic N) is 2. The van der Waals surface area contributed by atoms with Crippen molar-refractivity contribution in [3.63, 3.8) is 0 Å². The average Bonchev–Trinajstić information content (AvgIpc) is 2.59. The number of ether oxygens (including phenoxy) is 1. The zero-order valence-electron chi connectivity index (χ0n) is 13.1. The van der Waals surface area contributed by atoms with Gasteiger partial charge < -0.3 is 9.15 Å². The Hall–Kier alpha value is -3.28. The average molecular weight is 322 g/mol. The molecule has 0 N–H and O–H groups in total. The number of ketones is 1. The first-order chi connectivity index (χ1) is 11.6. The van der Waals surface area contributed by atoms with E-state index in [2.05, 4.69) is 10.2 Å². The number of hydrogen-bond acceptors (Lipinski definition) is 6. The van der Waals surface area contributed by atoms with Gasteiger partial charge in [-0.15, -0.1) is 0 Å². The summed E-state index contributed by atoms with van der Waals surface area (Å²) < 4.78 is 10.5. The lowest BCUT2D eigenvalue weighted by atomic mass is 10.1. The molecule has 0 spiro atoms. The first kappa shape index (κ1) is 15.6. The summed E-state index contributed by atoms with van der Waals surface area (Å²) in [7, 11) is 1.46. The van der Waals surface area contributed by atoms with Crippen molar-refractivity contribution in [3.8, 4) is 5.75 Å². The molecule has 0 unspecified atom stereocenters. The SMILES string of the molecule is COc1cc(N=Nc2ccccc2)cc2cc(C(C)=O)c(=O)oc12. The van der Waals surface area contributed by atoms with E-state index in [1.807, 2.05) is 30.3 Å². The van der Waals surface area contributed by atoms with Crippen molar-refractivity contribution in [1.29, 1.82) is 0 Å². The van der Waals surface area contributed by atoms with Crippen molar-refractivity contribution in [2.45, 2.75) is 6.92 Å². The number of Topliss-reactive ketones (excluding diaryl/α,β-unsaturated/α-hetero) is 1. The molecule has 3 aromatic rings. The van der Waals surface area contributed by atoms with Crippen LogP contribution in [0.2, 0.25) is 0 Å². The third-order valence-corrected chi connectivity index (χ3v) is 3.42. The maximum absolute atomic E-state index is 11.9. The fourth-order valence-corrected chi connectivity index (χ4v) is 2.25. The Morgan fingerprint density at radius 3 is 2.42 bits per heavy atom. The molecular formula is C18H14N2O4. The molecule has 0 bridgehead atoms. The number of hydrogen-bond donors (Lipinski definition) is 0. The van der Waals surface area contributed by atoms with Crippen molar-refractivity contribution < 1.29 is 13.9 Å². The van der Waals surface area contributed by atoms with Crippen LogP contribution in [0.3, 0.4) is 0 Å². The topological polar surface area (TPSA) is 81.2 Å². The summed E-state index contributed by atoms with van der Waals surface area (Å²) in [4.78, 5) is 23.4. The van der Waals surface area contributed by atoms with Crippen LogP contribution in [-0.4, -0.2) is 12.9 Å². The van der Waals surface area contributed by atoms with E-state index in [0.717, 1.165) is 0 Å². The third kappa shape index (κ3) is 3.08. The highest BCUT2D eigenvalue weighted by Crippen LogP contribution is 2.31. The van der Waals surface area contributed by atoms with Gasteiger partial charge in [0.1, 0.15) is 5.56 Å². The highest BCUT2D eigenvalue weighted by Gasteiger charge is 2.13. The molecule has 0 aliphatic heterocycles. The summed E-state index contributed by atoms with van der Waals surface area (Å²) in [5.74, 6) is -0.0114. The van der Waals surface area contributed by atoms with Crippen LogP contribution in [0, 0.1) is 0 Å². The lowest BCUT2D eigenvalue weighted by Crippen LogP contribution is -2.11. The van der Waals surface area contributed by atoms with Crippen LogP contribution in [0.5, 0.6) is 5.75 Å². The van der Waals surface area contributed by atoms with Gasteiger partial charge in [-0.3, -0.25) is 4.79 Å². The smallest absolute Gasteiger partial charge is 0.347 e. The van der Waals surface area contributed by atoms with Gasteiger partial charge in [0, 0.05) is 11.5 Å². The molecule has 6 heteroatoms. The summed E-state index contributed by atoms with van der Waals surface area (Å²) in [5, 5.41) is 8.86. The van der Waals surface area contributed by atoms with Gasteiger partial charge in [0.25, 0.3) is 0 Å². The van der Waals surface area contributed by atoms with E-state index in [0.29, 0.717) is 22.5 Å². The molecule has 0 amide bonds. The molecule has 0 radical (unpaired) electrons. The fourth-order valence-electron chi connectivity index (χ4n) is 2.25. The van der Waals surface area contributed by atoms with E-state index >= 15 is 0 Å². The number of rotatable bonds is 4. The Morgan fingerprint density at radius 2 is 1.75 bits per heavy atom. The molecule has 2 aromatic carbocycles. The van der Waals surface area contributed by atoms with E-state index in [-0.39, 0.29) is 16.9 Å². The second-order valence-electron chi connectivity index (χ2n) is 5.11. The molecule has 0 saturated carbocycles. The lowest BCUT2D eigenvalue weighted by molar-refractivity contribution is 0.101. The number of methoxy groups -OCH3 is 1. The zero-order valence-corrected chi connectivity index (χ0v) is 13.1. The summed E-state index contributed by atoms with van der Waals surface area (Å²) in [6.45, 7) is 1.31. The normalized spacial score (nSPS) is 11.1. The first-order valence-electron chi connectivity index (χ1n) is 7.22. The summed E-state index contributed by atoms with van der Waals surface area (Å²) >= 11 is 0. The van der Waals surface area contributed by atoms with Crippen LogP contribution in [0.1, 0.15) is 17.3 Å². The van der Waals surface area contributed by atoms with Crippen LogP contribution >= 0.6 is 0 Å². The van der Waals surface area contributed by atoms with Crippen LogP contribution < -0.4 is 10.4 Å². The molecule has 6 nitrogen and oxygen atoms in total. The second kappa shape index (κ2) is 6.45. The number of carbonyl (C=O) groups is 1. The molecule has 24 heavy (non-hydrogen) atoms. The van der Waals surface area contributed by atoms with Crippen LogP contribution in [0.4, 0.5) is 11.4 Å². The second-order valence-corrected chi connectivity index (χ2v) is 5.11. The van der Waals surface area contributed by atoms with Gasteiger partial charge >= 0.3 is 5.63 Å². The molecule has 0 aliphatic carbocycles. The van der Waals surface area contributed by atoms with Crippen molar-refractivity contribution in [2.24, 2.45) is 10.2 Å². The predicted octanol–water partition coefficient (Wildman–Crippen LogP) is 4.42. The quantitative estimate of drug-likeness (QED) is 0.404. The molecule has 0 atom stereocenters. The first-order valence-corrected chi connectivity index (χ1v) is 7.22. The molecule has 0 fully saturated rings. The van der Waals surface area contributed by atoms with Crippen molar-refractivity contribution in [3.05, 3.63) is 64.5 Å². The summed E-state index contributed by atoms with van der Waals surface area (Å²) in [5.41, 5.74) is 0.798. The molecule has 120 valence electrons. The molecule has 0 aliphatic rings. The molecular weight excluding hydrogens is 308 g/mol. The largest absolute Gasteiger partial charge is 0.493 e. The van der Waals surface area contributed by atoms with E-state index in [1.54, 1.807) is 12.1 Å². The maximum Gasteiger partial charge on any atom is 0.347 e. The van der Waals surface area contributed by atoms with Crippen molar-refractivity contribution in [2.75, 3.05) is 7.11 Å². The minimum absolute atomic E-state index is 0.0123. The fraction of sp³-hybridized carbons (Fsp3) is 0.111. The predicted molar refractivity (Wildman–Crippen MR) is 89.7 cm³/mol. The maximum atomic E-state index is 11.9. The molecule has 3 rings (SSSR count). The Balaban J connectivity index is 2.13. The van der Waals surface area contributed by atoms with Crippen LogP contribution in [-0.2, 0) is 0 Å².